The maximum atomic E-state index is 12.1. The van der Waals surface area contributed by atoms with Gasteiger partial charge in [-0.05, 0) is 12.1 Å². The summed E-state index contributed by atoms with van der Waals surface area (Å²) in [5, 5.41) is 0. The van der Waals surface area contributed by atoms with Gasteiger partial charge in [-0.25, -0.2) is 4.98 Å². The van der Waals surface area contributed by atoms with Crippen LogP contribution < -0.4 is 5.73 Å². The highest BCUT2D eigenvalue weighted by Gasteiger charge is 2.34. The molecule has 5 nitrogen and oxygen atoms in total. The third-order valence-corrected chi connectivity index (χ3v) is 3.47. The molecule has 2 N–H and O–H groups in total. The predicted molar refractivity (Wildman–Crippen MR) is 71.1 cm³/mol. The standard InChI is InChI=1S/C14H13N3O2/c1-3-10-16-11-12(17(10)2)8-5-4-7(15)6-9(8)13(18)14(11)19/h4-6H,3,15H2,1-2H3. The van der Waals surface area contributed by atoms with Crippen LogP contribution in [-0.4, -0.2) is 21.1 Å². The number of rotatable bonds is 1. The molecule has 0 atom stereocenters. The molecule has 1 heterocycles. The number of aryl methyl sites for hydroxylation is 1. The van der Waals surface area contributed by atoms with E-state index in [0.29, 0.717) is 23.4 Å². The van der Waals surface area contributed by atoms with Gasteiger partial charge in [0.25, 0.3) is 5.78 Å². The number of aromatic nitrogens is 2. The zero-order valence-electron chi connectivity index (χ0n) is 10.7. The first-order valence-corrected chi connectivity index (χ1v) is 6.09. The SMILES string of the molecule is CCc1nc2c(n1C)-c1ccc(N)cc1C(=O)C2=O. The lowest BCUT2D eigenvalue weighted by Gasteiger charge is -2.15. The van der Waals surface area contributed by atoms with E-state index in [1.54, 1.807) is 18.2 Å². The van der Waals surface area contributed by atoms with Crippen LogP contribution in [0.4, 0.5) is 5.69 Å². The van der Waals surface area contributed by atoms with E-state index in [1.165, 1.54) is 0 Å². The fraction of sp³-hybridized carbons (Fsp3) is 0.214. The van der Waals surface area contributed by atoms with Crippen molar-refractivity contribution in [2.24, 2.45) is 7.05 Å². The second-order valence-corrected chi connectivity index (χ2v) is 4.60. The molecule has 2 aromatic rings. The molecule has 0 fully saturated rings. The minimum Gasteiger partial charge on any atom is -0.399 e. The summed E-state index contributed by atoms with van der Waals surface area (Å²) < 4.78 is 1.87. The first kappa shape index (κ1) is 11.6. The molecule has 0 saturated carbocycles. The van der Waals surface area contributed by atoms with Crippen molar-refractivity contribution >= 4 is 17.3 Å². The number of fused-ring (bicyclic) bond motifs is 3. The Morgan fingerprint density at radius 3 is 2.63 bits per heavy atom. The number of nitrogens with two attached hydrogens (primary N) is 1. The minimum absolute atomic E-state index is 0.252. The molecule has 3 rings (SSSR count). The quantitative estimate of drug-likeness (QED) is 0.620. The summed E-state index contributed by atoms with van der Waals surface area (Å²) in [5.41, 5.74) is 8.21. The van der Waals surface area contributed by atoms with Crippen molar-refractivity contribution in [2.75, 3.05) is 5.73 Å². The van der Waals surface area contributed by atoms with Gasteiger partial charge in [-0.1, -0.05) is 13.0 Å². The summed E-state index contributed by atoms with van der Waals surface area (Å²) in [6.07, 6.45) is 0.704. The maximum Gasteiger partial charge on any atom is 0.254 e. The fourth-order valence-electron chi connectivity index (χ4n) is 2.51. The van der Waals surface area contributed by atoms with E-state index >= 15 is 0 Å². The average Bonchev–Trinajstić information content (AvgIpc) is 2.73. The maximum absolute atomic E-state index is 12.1. The molecule has 0 radical (unpaired) electrons. The van der Waals surface area contributed by atoms with Gasteiger partial charge < -0.3 is 10.3 Å². The summed E-state index contributed by atoms with van der Waals surface area (Å²) in [7, 11) is 1.86. The van der Waals surface area contributed by atoms with Crippen LogP contribution in [0.1, 0.15) is 33.6 Å². The lowest BCUT2D eigenvalue weighted by atomic mass is 9.90. The summed E-state index contributed by atoms with van der Waals surface area (Å²) in [4.78, 5) is 28.5. The summed E-state index contributed by atoms with van der Waals surface area (Å²) in [6, 6.07) is 5.05. The number of anilines is 1. The normalized spacial score (nSPS) is 13.4. The highest BCUT2D eigenvalue weighted by molar-refractivity contribution is 6.52. The lowest BCUT2D eigenvalue weighted by Crippen LogP contribution is -2.22. The fourth-order valence-corrected chi connectivity index (χ4v) is 2.51. The number of hydrogen-bond donors (Lipinski definition) is 1. The van der Waals surface area contributed by atoms with Crippen LogP contribution in [0, 0.1) is 0 Å². The predicted octanol–water partition coefficient (Wildman–Crippen LogP) is 1.61. The first-order valence-electron chi connectivity index (χ1n) is 6.09. The number of nitrogens with zero attached hydrogens (tertiary/aromatic N) is 2. The smallest absolute Gasteiger partial charge is 0.254 e. The van der Waals surface area contributed by atoms with Gasteiger partial charge in [-0.15, -0.1) is 0 Å². The van der Waals surface area contributed by atoms with Crippen molar-refractivity contribution in [1.82, 2.24) is 9.55 Å². The zero-order valence-corrected chi connectivity index (χ0v) is 10.7. The molecular weight excluding hydrogens is 242 g/mol. The molecule has 0 aliphatic heterocycles. The minimum atomic E-state index is -0.552. The monoisotopic (exact) mass is 255 g/mol. The van der Waals surface area contributed by atoms with E-state index in [-0.39, 0.29) is 5.69 Å². The van der Waals surface area contributed by atoms with E-state index < -0.39 is 11.6 Å². The van der Waals surface area contributed by atoms with Gasteiger partial charge in [0.1, 0.15) is 11.5 Å². The molecule has 19 heavy (non-hydrogen) atoms. The van der Waals surface area contributed by atoms with Gasteiger partial charge in [0, 0.05) is 30.3 Å². The number of hydrogen-bond acceptors (Lipinski definition) is 4. The summed E-state index contributed by atoms with van der Waals surface area (Å²) in [5.74, 6) is -0.297. The first-order chi connectivity index (χ1) is 9.04. The molecule has 5 heteroatoms. The Labute approximate surface area is 110 Å². The summed E-state index contributed by atoms with van der Waals surface area (Å²) in [6.45, 7) is 1.96. The second kappa shape index (κ2) is 3.78. The van der Waals surface area contributed by atoms with Gasteiger partial charge in [0.2, 0.25) is 5.78 Å². The number of Topliss-reactive ketones (excluding diaryl/α,β-unsaturated/α-hetero) is 2. The van der Waals surface area contributed by atoms with Crippen molar-refractivity contribution in [3.05, 3.63) is 35.3 Å². The van der Waals surface area contributed by atoms with Crippen LogP contribution in [0.25, 0.3) is 11.3 Å². The van der Waals surface area contributed by atoms with Gasteiger partial charge in [0.15, 0.2) is 0 Å². The largest absolute Gasteiger partial charge is 0.399 e. The van der Waals surface area contributed by atoms with Gasteiger partial charge >= 0.3 is 0 Å². The molecule has 96 valence electrons. The van der Waals surface area contributed by atoms with E-state index in [1.807, 2.05) is 18.5 Å². The molecular formula is C14H13N3O2. The van der Waals surface area contributed by atoms with Gasteiger partial charge in [-0.2, -0.15) is 0 Å². The van der Waals surface area contributed by atoms with Crippen LogP contribution >= 0.6 is 0 Å². The number of carbonyl (C=O) groups is 2. The van der Waals surface area contributed by atoms with Crippen LogP contribution in [0.5, 0.6) is 0 Å². The molecule has 0 spiro atoms. The Morgan fingerprint density at radius 1 is 1.21 bits per heavy atom. The molecule has 0 amide bonds. The highest BCUT2D eigenvalue weighted by Crippen LogP contribution is 2.34. The van der Waals surface area contributed by atoms with Crippen LogP contribution in [0.2, 0.25) is 0 Å². The third-order valence-electron chi connectivity index (χ3n) is 3.47. The third kappa shape index (κ3) is 1.44. The number of carbonyl (C=O) groups excluding carboxylic acids is 2. The van der Waals surface area contributed by atoms with Crippen LogP contribution in [-0.2, 0) is 13.5 Å². The Balaban J connectivity index is 2.39. The average molecular weight is 255 g/mol. The molecule has 0 saturated heterocycles. The molecule has 1 aromatic carbocycles. The van der Waals surface area contributed by atoms with E-state index in [0.717, 1.165) is 11.4 Å². The van der Waals surface area contributed by atoms with Crippen LogP contribution in [0.3, 0.4) is 0 Å². The van der Waals surface area contributed by atoms with Crippen molar-refractivity contribution in [1.29, 1.82) is 0 Å². The van der Waals surface area contributed by atoms with Crippen molar-refractivity contribution in [2.45, 2.75) is 13.3 Å². The van der Waals surface area contributed by atoms with Crippen LogP contribution in [0.15, 0.2) is 18.2 Å². The lowest BCUT2D eigenvalue weighted by molar-refractivity contribution is 0.0812. The Morgan fingerprint density at radius 2 is 1.95 bits per heavy atom. The van der Waals surface area contributed by atoms with E-state index in [9.17, 15) is 9.59 Å². The summed E-state index contributed by atoms with van der Waals surface area (Å²) >= 11 is 0. The molecule has 0 unspecified atom stereocenters. The van der Waals surface area contributed by atoms with Crippen molar-refractivity contribution < 1.29 is 9.59 Å². The molecule has 1 aliphatic carbocycles. The Kier molecular flexibility index (Phi) is 2.32. The Hall–Kier alpha value is -2.43. The van der Waals surface area contributed by atoms with E-state index in [2.05, 4.69) is 4.98 Å². The van der Waals surface area contributed by atoms with Gasteiger partial charge in [-0.3, -0.25) is 9.59 Å². The molecule has 1 aromatic heterocycles. The van der Waals surface area contributed by atoms with Crippen molar-refractivity contribution in [3.8, 4) is 11.3 Å². The number of ketones is 2. The zero-order chi connectivity index (χ0) is 13.7. The number of benzene rings is 1. The molecule has 0 bridgehead atoms. The second-order valence-electron chi connectivity index (χ2n) is 4.60. The van der Waals surface area contributed by atoms with E-state index in [4.69, 9.17) is 5.73 Å². The van der Waals surface area contributed by atoms with Crippen molar-refractivity contribution in [3.63, 3.8) is 0 Å². The molecule has 1 aliphatic rings. The van der Waals surface area contributed by atoms with Gasteiger partial charge in [0.05, 0.1) is 5.69 Å². The highest BCUT2D eigenvalue weighted by atomic mass is 16.2. The number of nitrogen functional groups attached to an aromatic ring is 1. The Bertz CT molecular complexity index is 729. The number of imidazole rings is 1. The topological polar surface area (TPSA) is 78.0 Å².